The van der Waals surface area contributed by atoms with Gasteiger partial charge in [0.25, 0.3) is 11.8 Å². The van der Waals surface area contributed by atoms with Crippen LogP contribution in [0.25, 0.3) is 0 Å². The third-order valence-corrected chi connectivity index (χ3v) is 6.30. The molecule has 0 spiro atoms. The van der Waals surface area contributed by atoms with Crippen LogP contribution in [0, 0.1) is 6.92 Å². The van der Waals surface area contributed by atoms with Crippen molar-refractivity contribution in [3.63, 3.8) is 0 Å². The first-order valence-electron chi connectivity index (χ1n) is 11.2. The molecule has 3 aromatic rings. The summed E-state index contributed by atoms with van der Waals surface area (Å²) in [7, 11) is 0. The van der Waals surface area contributed by atoms with Gasteiger partial charge in [0.2, 0.25) is 5.91 Å². The first kappa shape index (κ1) is 25.3. The van der Waals surface area contributed by atoms with Crippen molar-refractivity contribution in [1.82, 2.24) is 0 Å². The lowest BCUT2D eigenvalue weighted by molar-refractivity contribution is -0.120. The summed E-state index contributed by atoms with van der Waals surface area (Å²) in [6, 6.07) is 19.1. The largest absolute Gasteiger partial charge is 0.494 e. The Balaban J connectivity index is 1.40. The predicted molar refractivity (Wildman–Crippen MR) is 142 cm³/mol. The minimum absolute atomic E-state index is 0.0259. The van der Waals surface area contributed by atoms with Crippen molar-refractivity contribution in [3.8, 4) is 5.75 Å². The number of amides is 3. The molecule has 1 aliphatic rings. The highest BCUT2D eigenvalue weighted by molar-refractivity contribution is 6.53. The zero-order valence-electron chi connectivity index (χ0n) is 19.6. The third-order valence-electron chi connectivity index (χ3n) is 5.54. The molecule has 0 fully saturated rings. The molecule has 36 heavy (non-hydrogen) atoms. The number of nitrogens with zero attached hydrogens (tertiary/aromatic N) is 1. The molecule has 0 saturated heterocycles. The highest BCUT2D eigenvalue weighted by Crippen LogP contribution is 2.34. The summed E-state index contributed by atoms with van der Waals surface area (Å²) in [5, 5.41) is 6.00. The molecule has 3 amide bonds. The zero-order chi connectivity index (χ0) is 25.8. The Bertz CT molecular complexity index is 1350. The summed E-state index contributed by atoms with van der Waals surface area (Å²) in [6.45, 7) is 4.20. The molecular formula is C27H23Cl2N3O4. The molecule has 0 saturated carbocycles. The molecule has 184 valence electrons. The van der Waals surface area contributed by atoms with E-state index in [1.807, 2.05) is 6.92 Å². The molecule has 0 radical (unpaired) electrons. The second-order valence-electron chi connectivity index (χ2n) is 8.02. The predicted octanol–water partition coefficient (Wildman–Crippen LogP) is 5.66. The van der Waals surface area contributed by atoms with Gasteiger partial charge in [-0.2, -0.15) is 0 Å². The Kier molecular flexibility index (Phi) is 7.62. The monoisotopic (exact) mass is 523 g/mol. The molecule has 1 heterocycles. The Morgan fingerprint density at radius 1 is 0.917 bits per heavy atom. The quantitative estimate of drug-likeness (QED) is 0.371. The number of nitrogens with one attached hydrogen (secondary N) is 2. The van der Waals surface area contributed by atoms with E-state index in [0.29, 0.717) is 34.3 Å². The molecule has 0 bridgehead atoms. The van der Waals surface area contributed by atoms with Crippen molar-refractivity contribution in [2.45, 2.75) is 20.3 Å². The van der Waals surface area contributed by atoms with Crippen molar-refractivity contribution < 1.29 is 19.1 Å². The normalized spacial score (nSPS) is 13.3. The number of hydrogen-bond donors (Lipinski definition) is 2. The molecule has 1 aliphatic heterocycles. The number of hydrogen-bond acceptors (Lipinski definition) is 5. The number of anilines is 3. The molecule has 0 aromatic heterocycles. The summed E-state index contributed by atoms with van der Waals surface area (Å²) < 4.78 is 5.40. The fraction of sp³-hybridized carbons (Fsp3) is 0.148. The van der Waals surface area contributed by atoms with Crippen LogP contribution in [-0.4, -0.2) is 24.3 Å². The van der Waals surface area contributed by atoms with E-state index in [4.69, 9.17) is 27.9 Å². The van der Waals surface area contributed by atoms with E-state index in [1.54, 1.807) is 73.7 Å². The minimum Gasteiger partial charge on any atom is -0.494 e. The fourth-order valence-corrected chi connectivity index (χ4v) is 4.09. The van der Waals surface area contributed by atoms with Crippen LogP contribution in [0.15, 0.2) is 77.5 Å². The van der Waals surface area contributed by atoms with E-state index in [2.05, 4.69) is 10.6 Å². The summed E-state index contributed by atoms with van der Waals surface area (Å²) in [5.74, 6) is -0.636. The second kappa shape index (κ2) is 10.8. The molecular weight excluding hydrogens is 501 g/mol. The summed E-state index contributed by atoms with van der Waals surface area (Å²) >= 11 is 12.4. The minimum atomic E-state index is -0.628. The summed E-state index contributed by atoms with van der Waals surface area (Å²) in [6.07, 6.45) is 0.163. The number of ether oxygens (including phenoxy) is 1. The lowest BCUT2D eigenvalue weighted by atomic mass is 10.1. The van der Waals surface area contributed by atoms with Gasteiger partial charge in [0.05, 0.1) is 18.7 Å². The Morgan fingerprint density at radius 3 is 2.25 bits per heavy atom. The van der Waals surface area contributed by atoms with Crippen LogP contribution >= 0.6 is 23.2 Å². The van der Waals surface area contributed by atoms with E-state index in [-0.39, 0.29) is 23.1 Å². The van der Waals surface area contributed by atoms with Gasteiger partial charge in [0.15, 0.2) is 0 Å². The molecule has 2 N–H and O–H groups in total. The highest BCUT2D eigenvalue weighted by atomic mass is 35.5. The molecule has 3 aromatic carbocycles. The maximum absolute atomic E-state index is 13.0. The standard InChI is InChI=1S/C27H23Cl2N3O4/c1-3-36-20-13-11-18(12-14-20)30-23(33)15-17-7-9-19(10-8-17)31-25-24(29)26(34)32(27(25)35)22-6-4-5-21(28)16(22)2/h4-14,31H,3,15H2,1-2H3,(H,30,33). The number of carbonyl (C=O) groups excluding carboxylic acids is 3. The third kappa shape index (κ3) is 5.37. The lowest BCUT2D eigenvalue weighted by Gasteiger charge is -2.18. The van der Waals surface area contributed by atoms with Gasteiger partial charge in [-0.25, -0.2) is 4.90 Å². The van der Waals surface area contributed by atoms with Crippen LogP contribution in [0.3, 0.4) is 0 Å². The molecule has 0 unspecified atom stereocenters. The Hall–Kier alpha value is -3.81. The average Bonchev–Trinajstić information content (AvgIpc) is 3.06. The lowest BCUT2D eigenvalue weighted by Crippen LogP contribution is -2.32. The van der Waals surface area contributed by atoms with E-state index >= 15 is 0 Å². The van der Waals surface area contributed by atoms with Crippen LogP contribution in [-0.2, 0) is 20.8 Å². The summed E-state index contributed by atoms with van der Waals surface area (Å²) in [5.41, 5.74) is 2.94. The van der Waals surface area contributed by atoms with E-state index in [1.165, 1.54) is 0 Å². The van der Waals surface area contributed by atoms with Gasteiger partial charge >= 0.3 is 0 Å². The summed E-state index contributed by atoms with van der Waals surface area (Å²) in [4.78, 5) is 39.2. The SMILES string of the molecule is CCOc1ccc(NC(=O)Cc2ccc(NC3=C(Cl)C(=O)N(c4cccc(Cl)c4C)C3=O)cc2)cc1. The van der Waals surface area contributed by atoms with Crippen molar-refractivity contribution in [1.29, 1.82) is 0 Å². The van der Waals surface area contributed by atoms with Crippen molar-refractivity contribution in [2.75, 3.05) is 22.1 Å². The van der Waals surface area contributed by atoms with Crippen LogP contribution in [0.1, 0.15) is 18.1 Å². The zero-order valence-corrected chi connectivity index (χ0v) is 21.1. The van der Waals surface area contributed by atoms with Crippen LogP contribution in [0.4, 0.5) is 17.1 Å². The van der Waals surface area contributed by atoms with Gasteiger partial charge in [-0.05, 0) is 73.5 Å². The molecule has 0 atom stereocenters. The number of benzene rings is 3. The Morgan fingerprint density at radius 2 is 1.58 bits per heavy atom. The van der Waals surface area contributed by atoms with Crippen molar-refractivity contribution >= 4 is 58.0 Å². The topological polar surface area (TPSA) is 87.7 Å². The first-order valence-corrected chi connectivity index (χ1v) is 12.0. The van der Waals surface area contributed by atoms with Crippen LogP contribution in [0.2, 0.25) is 5.02 Å². The van der Waals surface area contributed by atoms with Crippen LogP contribution < -0.4 is 20.3 Å². The van der Waals surface area contributed by atoms with Gasteiger partial charge < -0.3 is 15.4 Å². The van der Waals surface area contributed by atoms with Crippen LogP contribution in [0.5, 0.6) is 5.75 Å². The fourth-order valence-electron chi connectivity index (χ4n) is 3.71. The van der Waals surface area contributed by atoms with Crippen molar-refractivity contribution in [3.05, 3.63) is 93.6 Å². The molecule has 7 nitrogen and oxygen atoms in total. The molecule has 4 rings (SSSR count). The van der Waals surface area contributed by atoms with Gasteiger partial charge in [-0.15, -0.1) is 0 Å². The second-order valence-corrected chi connectivity index (χ2v) is 8.81. The molecule has 9 heteroatoms. The Labute approximate surface area is 218 Å². The number of halogens is 2. The van der Waals surface area contributed by atoms with E-state index in [0.717, 1.165) is 16.2 Å². The van der Waals surface area contributed by atoms with Gasteiger partial charge in [-0.3, -0.25) is 14.4 Å². The number of imide groups is 1. The highest BCUT2D eigenvalue weighted by Gasteiger charge is 2.39. The maximum Gasteiger partial charge on any atom is 0.283 e. The van der Waals surface area contributed by atoms with E-state index < -0.39 is 11.8 Å². The van der Waals surface area contributed by atoms with Crippen molar-refractivity contribution in [2.24, 2.45) is 0 Å². The van der Waals surface area contributed by atoms with Gasteiger partial charge in [0.1, 0.15) is 16.5 Å². The smallest absolute Gasteiger partial charge is 0.283 e. The number of rotatable bonds is 8. The van der Waals surface area contributed by atoms with Gasteiger partial charge in [-0.1, -0.05) is 41.4 Å². The molecule has 0 aliphatic carbocycles. The number of carbonyl (C=O) groups is 3. The van der Waals surface area contributed by atoms with Gasteiger partial charge in [0, 0.05) is 16.4 Å². The first-order chi connectivity index (χ1) is 17.3. The maximum atomic E-state index is 13.0. The average molecular weight is 524 g/mol. The van der Waals surface area contributed by atoms with E-state index in [9.17, 15) is 14.4 Å².